The molecule has 0 spiro atoms. The number of hydrogen-bond acceptors (Lipinski definition) is 5. The number of pyridine rings is 1. The number of fused-ring (bicyclic) bond motifs is 1. The summed E-state index contributed by atoms with van der Waals surface area (Å²) in [5.74, 6) is -0.207. The van der Waals surface area contributed by atoms with E-state index in [-0.39, 0.29) is 22.4 Å². The molecular weight excluding hydrogens is 448 g/mol. The summed E-state index contributed by atoms with van der Waals surface area (Å²) in [5, 5.41) is 0.230. The van der Waals surface area contributed by atoms with E-state index in [4.69, 9.17) is 4.98 Å². The number of aryl methyl sites for hydroxylation is 2. The van der Waals surface area contributed by atoms with Crippen LogP contribution in [0.5, 0.6) is 0 Å². The zero-order chi connectivity index (χ0) is 24.9. The quantitative estimate of drug-likeness (QED) is 0.325. The van der Waals surface area contributed by atoms with Gasteiger partial charge in [-0.3, -0.25) is 9.59 Å². The second-order valence-corrected chi connectivity index (χ2v) is 8.68. The average molecular weight is 475 g/mol. The fourth-order valence-corrected chi connectivity index (χ4v) is 4.35. The highest BCUT2D eigenvalue weighted by Crippen LogP contribution is 2.24. The zero-order valence-electron chi connectivity index (χ0n) is 20.0. The molecule has 2 heterocycles. The van der Waals surface area contributed by atoms with Gasteiger partial charge in [-0.1, -0.05) is 91.0 Å². The van der Waals surface area contributed by atoms with Crippen LogP contribution in [0.3, 0.4) is 0 Å². The molecule has 0 radical (unpaired) electrons. The minimum atomic E-state index is -0.347. The molecule has 0 aliphatic rings. The SMILES string of the molecule is Cc1c(CCc2ccccc2)nc2ncn(NCc3ccccc3)c(=O)c2c1C(=O)c1ccccc1. The van der Waals surface area contributed by atoms with E-state index in [1.54, 1.807) is 12.1 Å². The molecule has 36 heavy (non-hydrogen) atoms. The summed E-state index contributed by atoms with van der Waals surface area (Å²) < 4.78 is 1.34. The minimum absolute atomic E-state index is 0.207. The van der Waals surface area contributed by atoms with Gasteiger partial charge in [0.2, 0.25) is 0 Å². The summed E-state index contributed by atoms with van der Waals surface area (Å²) >= 11 is 0. The molecule has 2 aromatic heterocycles. The van der Waals surface area contributed by atoms with E-state index in [1.807, 2.05) is 73.7 Å². The lowest BCUT2D eigenvalue weighted by Gasteiger charge is -2.15. The van der Waals surface area contributed by atoms with Crippen LogP contribution in [0, 0.1) is 6.92 Å². The second-order valence-electron chi connectivity index (χ2n) is 8.68. The predicted octanol–water partition coefficient (Wildman–Crippen LogP) is 4.86. The molecule has 6 nitrogen and oxygen atoms in total. The van der Waals surface area contributed by atoms with Crippen LogP contribution in [0.2, 0.25) is 0 Å². The minimum Gasteiger partial charge on any atom is -0.317 e. The first-order chi connectivity index (χ1) is 17.6. The summed E-state index contributed by atoms with van der Waals surface area (Å²) in [6.45, 7) is 2.31. The van der Waals surface area contributed by atoms with Crippen LogP contribution >= 0.6 is 0 Å². The van der Waals surface area contributed by atoms with E-state index in [0.717, 1.165) is 17.7 Å². The Balaban J connectivity index is 1.60. The van der Waals surface area contributed by atoms with Crippen molar-refractivity contribution < 1.29 is 4.79 Å². The van der Waals surface area contributed by atoms with Crippen LogP contribution in [0.1, 0.15) is 38.3 Å². The molecule has 5 aromatic rings. The van der Waals surface area contributed by atoms with Gasteiger partial charge in [-0.25, -0.2) is 14.6 Å². The van der Waals surface area contributed by atoms with Gasteiger partial charge in [0.05, 0.1) is 11.9 Å². The van der Waals surface area contributed by atoms with Crippen molar-refractivity contribution in [2.75, 3.05) is 5.43 Å². The van der Waals surface area contributed by atoms with E-state index >= 15 is 0 Å². The Labute approximate surface area is 209 Å². The fraction of sp³-hybridized carbons (Fsp3) is 0.133. The van der Waals surface area contributed by atoms with Crippen molar-refractivity contribution in [3.8, 4) is 0 Å². The van der Waals surface area contributed by atoms with Crippen molar-refractivity contribution in [1.29, 1.82) is 0 Å². The molecule has 0 saturated heterocycles. The predicted molar refractivity (Wildman–Crippen MR) is 142 cm³/mol. The maximum Gasteiger partial charge on any atom is 0.282 e. The molecule has 0 atom stereocenters. The van der Waals surface area contributed by atoms with Crippen molar-refractivity contribution in [1.82, 2.24) is 14.6 Å². The summed E-state index contributed by atoms with van der Waals surface area (Å²) in [5.41, 5.74) is 7.63. The van der Waals surface area contributed by atoms with Crippen LogP contribution in [0.4, 0.5) is 0 Å². The number of hydrogen-bond donors (Lipinski definition) is 1. The Morgan fingerprint density at radius 1 is 0.833 bits per heavy atom. The van der Waals surface area contributed by atoms with Crippen molar-refractivity contribution >= 4 is 16.8 Å². The number of nitrogens with zero attached hydrogens (tertiary/aromatic N) is 3. The summed E-state index contributed by atoms with van der Waals surface area (Å²) in [6, 6.07) is 29.0. The molecule has 3 aromatic carbocycles. The average Bonchev–Trinajstić information content (AvgIpc) is 2.93. The number of carbonyl (C=O) groups excluding carboxylic acids is 1. The summed E-state index contributed by atoms with van der Waals surface area (Å²) in [7, 11) is 0. The van der Waals surface area contributed by atoms with E-state index in [0.29, 0.717) is 29.7 Å². The maximum absolute atomic E-state index is 13.7. The number of rotatable bonds is 8. The summed E-state index contributed by atoms with van der Waals surface area (Å²) in [6.07, 6.45) is 2.85. The Morgan fingerprint density at radius 2 is 1.44 bits per heavy atom. The van der Waals surface area contributed by atoms with Crippen molar-refractivity contribution in [3.63, 3.8) is 0 Å². The zero-order valence-corrected chi connectivity index (χ0v) is 20.0. The van der Waals surface area contributed by atoms with Crippen molar-refractivity contribution in [2.45, 2.75) is 26.3 Å². The number of benzene rings is 3. The molecule has 0 saturated carbocycles. The van der Waals surface area contributed by atoms with Crippen molar-refractivity contribution in [2.24, 2.45) is 0 Å². The van der Waals surface area contributed by atoms with E-state index in [2.05, 4.69) is 22.5 Å². The number of nitrogens with one attached hydrogen (secondary N) is 1. The molecule has 0 fully saturated rings. The van der Waals surface area contributed by atoms with Crippen LogP contribution in [0.15, 0.2) is 102 Å². The molecule has 0 unspecified atom stereocenters. The maximum atomic E-state index is 13.7. The largest absolute Gasteiger partial charge is 0.317 e. The van der Waals surface area contributed by atoms with Crippen LogP contribution in [-0.4, -0.2) is 20.4 Å². The molecule has 178 valence electrons. The third-order valence-electron chi connectivity index (χ3n) is 6.30. The third-order valence-corrected chi connectivity index (χ3v) is 6.30. The second kappa shape index (κ2) is 10.4. The standard InChI is InChI=1S/C30H26N4O2/c1-21-25(18-17-22-11-5-2-6-12-22)33-29-27(26(21)28(35)24-15-9-4-10-16-24)30(36)34(20-31-29)32-19-23-13-7-3-8-14-23/h2-16,20,32H,17-19H2,1H3. The monoisotopic (exact) mass is 474 g/mol. The van der Waals surface area contributed by atoms with Gasteiger partial charge in [-0.2, -0.15) is 0 Å². The molecule has 0 bridgehead atoms. The Morgan fingerprint density at radius 3 is 2.11 bits per heavy atom. The molecule has 6 heteroatoms. The van der Waals surface area contributed by atoms with Gasteiger partial charge in [-0.15, -0.1) is 0 Å². The molecule has 1 N–H and O–H groups in total. The number of ketones is 1. The Hall–Kier alpha value is -4.58. The first-order valence-corrected chi connectivity index (χ1v) is 11.9. The van der Waals surface area contributed by atoms with Gasteiger partial charge >= 0.3 is 0 Å². The van der Waals surface area contributed by atoms with E-state index in [1.165, 1.54) is 16.6 Å². The lowest BCUT2D eigenvalue weighted by Crippen LogP contribution is -2.30. The fourth-order valence-electron chi connectivity index (χ4n) is 4.35. The normalized spacial score (nSPS) is 10.9. The third kappa shape index (κ3) is 4.79. The smallest absolute Gasteiger partial charge is 0.282 e. The van der Waals surface area contributed by atoms with Gasteiger partial charge in [0, 0.05) is 16.8 Å². The van der Waals surface area contributed by atoms with Gasteiger partial charge < -0.3 is 5.43 Å². The van der Waals surface area contributed by atoms with Crippen LogP contribution < -0.4 is 11.0 Å². The van der Waals surface area contributed by atoms with Gasteiger partial charge in [-0.05, 0) is 36.5 Å². The lowest BCUT2D eigenvalue weighted by atomic mass is 9.94. The van der Waals surface area contributed by atoms with Crippen LogP contribution in [0.25, 0.3) is 11.0 Å². The van der Waals surface area contributed by atoms with E-state index in [9.17, 15) is 9.59 Å². The highest BCUT2D eigenvalue weighted by Gasteiger charge is 2.23. The van der Waals surface area contributed by atoms with Gasteiger partial charge in [0.25, 0.3) is 5.56 Å². The van der Waals surface area contributed by atoms with Crippen molar-refractivity contribution in [3.05, 3.63) is 141 Å². The summed E-state index contributed by atoms with van der Waals surface area (Å²) in [4.78, 5) is 36.6. The van der Waals surface area contributed by atoms with E-state index < -0.39 is 0 Å². The number of carbonyl (C=O) groups is 1. The van der Waals surface area contributed by atoms with Crippen LogP contribution in [-0.2, 0) is 19.4 Å². The van der Waals surface area contributed by atoms with Gasteiger partial charge in [0.15, 0.2) is 11.4 Å². The molecule has 5 rings (SSSR count). The highest BCUT2D eigenvalue weighted by atomic mass is 16.1. The molecule has 0 aliphatic carbocycles. The molecule has 0 amide bonds. The lowest BCUT2D eigenvalue weighted by molar-refractivity contribution is 0.103. The first kappa shape index (κ1) is 23.2. The first-order valence-electron chi connectivity index (χ1n) is 11.9. The number of aromatic nitrogens is 3. The Bertz CT molecular complexity index is 1560. The molecular formula is C30H26N4O2. The Kier molecular flexibility index (Phi) is 6.67. The van der Waals surface area contributed by atoms with Gasteiger partial charge in [0.1, 0.15) is 6.33 Å². The topological polar surface area (TPSA) is 76.9 Å². The molecule has 0 aliphatic heterocycles. The highest BCUT2D eigenvalue weighted by molar-refractivity contribution is 6.16.